The standard InChI is InChI=1S/C18H14BNO2/c21-19(22)13-10-11-16-15-8-4-5-9-17(15)20(18(16)12-13)14-6-2-1-3-7-14/h1-12,21-22H. The minimum absolute atomic E-state index is 0.493. The number of hydrogen-bond donors (Lipinski definition) is 2. The largest absolute Gasteiger partial charge is 0.488 e. The van der Waals surface area contributed by atoms with Crippen LogP contribution in [0.2, 0.25) is 0 Å². The van der Waals surface area contributed by atoms with Crippen LogP contribution in [0, 0.1) is 0 Å². The number of fused-ring (bicyclic) bond motifs is 3. The number of para-hydroxylation sites is 2. The van der Waals surface area contributed by atoms with Gasteiger partial charge in [-0.05, 0) is 29.7 Å². The summed E-state index contributed by atoms with van der Waals surface area (Å²) < 4.78 is 2.15. The lowest BCUT2D eigenvalue weighted by molar-refractivity contribution is 0.426. The van der Waals surface area contributed by atoms with E-state index in [1.807, 2.05) is 54.6 Å². The Kier molecular flexibility index (Phi) is 3.00. The third-order valence-corrected chi connectivity index (χ3v) is 4.01. The molecule has 0 aliphatic carbocycles. The molecule has 4 heteroatoms. The van der Waals surface area contributed by atoms with Gasteiger partial charge in [0.2, 0.25) is 0 Å². The molecule has 22 heavy (non-hydrogen) atoms. The summed E-state index contributed by atoms with van der Waals surface area (Å²) in [6.07, 6.45) is 0. The van der Waals surface area contributed by atoms with Crippen LogP contribution in [-0.4, -0.2) is 21.7 Å². The fourth-order valence-corrected chi connectivity index (χ4v) is 3.00. The van der Waals surface area contributed by atoms with E-state index in [9.17, 15) is 10.0 Å². The van der Waals surface area contributed by atoms with Crippen LogP contribution in [0.15, 0.2) is 72.8 Å². The number of aromatic nitrogens is 1. The fraction of sp³-hybridized carbons (Fsp3) is 0. The van der Waals surface area contributed by atoms with Crippen molar-refractivity contribution in [3.63, 3.8) is 0 Å². The van der Waals surface area contributed by atoms with Crippen LogP contribution >= 0.6 is 0 Å². The van der Waals surface area contributed by atoms with E-state index >= 15 is 0 Å². The molecule has 0 bridgehead atoms. The van der Waals surface area contributed by atoms with Crippen molar-refractivity contribution >= 4 is 34.4 Å². The van der Waals surface area contributed by atoms with Gasteiger partial charge in [-0.25, -0.2) is 0 Å². The van der Waals surface area contributed by atoms with Crippen molar-refractivity contribution in [2.24, 2.45) is 0 Å². The molecule has 0 spiro atoms. The van der Waals surface area contributed by atoms with Gasteiger partial charge in [0, 0.05) is 16.5 Å². The minimum atomic E-state index is -1.47. The zero-order valence-corrected chi connectivity index (χ0v) is 11.8. The third kappa shape index (κ3) is 1.93. The van der Waals surface area contributed by atoms with Crippen molar-refractivity contribution < 1.29 is 10.0 Å². The summed E-state index contributed by atoms with van der Waals surface area (Å²) in [4.78, 5) is 0. The van der Waals surface area contributed by atoms with Gasteiger partial charge in [-0.15, -0.1) is 0 Å². The minimum Gasteiger partial charge on any atom is -0.423 e. The highest BCUT2D eigenvalue weighted by atomic mass is 16.4. The van der Waals surface area contributed by atoms with Crippen molar-refractivity contribution in [3.05, 3.63) is 72.8 Å². The van der Waals surface area contributed by atoms with Crippen LogP contribution < -0.4 is 5.46 Å². The lowest BCUT2D eigenvalue weighted by Crippen LogP contribution is -2.29. The molecular formula is C18H14BNO2. The van der Waals surface area contributed by atoms with E-state index in [1.165, 1.54) is 0 Å². The molecule has 4 aromatic rings. The average molecular weight is 287 g/mol. The smallest absolute Gasteiger partial charge is 0.423 e. The quantitative estimate of drug-likeness (QED) is 0.556. The van der Waals surface area contributed by atoms with E-state index in [1.54, 1.807) is 6.07 Å². The van der Waals surface area contributed by atoms with Gasteiger partial charge in [0.05, 0.1) is 11.0 Å². The van der Waals surface area contributed by atoms with Crippen LogP contribution in [0.5, 0.6) is 0 Å². The van der Waals surface area contributed by atoms with Gasteiger partial charge in [-0.3, -0.25) is 0 Å². The van der Waals surface area contributed by atoms with Gasteiger partial charge in [-0.2, -0.15) is 0 Å². The Labute approximate surface area is 128 Å². The third-order valence-electron chi connectivity index (χ3n) is 4.01. The Hall–Kier alpha value is -2.56. The molecule has 0 atom stereocenters. The first-order chi connectivity index (χ1) is 10.8. The topological polar surface area (TPSA) is 45.4 Å². The molecule has 1 heterocycles. The summed E-state index contributed by atoms with van der Waals surface area (Å²) in [6.45, 7) is 0. The molecule has 3 nitrogen and oxygen atoms in total. The normalized spacial score (nSPS) is 11.2. The van der Waals surface area contributed by atoms with Gasteiger partial charge in [0.1, 0.15) is 0 Å². The molecule has 0 aliphatic rings. The molecule has 0 saturated carbocycles. The van der Waals surface area contributed by atoms with Gasteiger partial charge >= 0.3 is 7.12 Å². The van der Waals surface area contributed by atoms with Crippen LogP contribution in [-0.2, 0) is 0 Å². The summed E-state index contributed by atoms with van der Waals surface area (Å²) in [6, 6.07) is 23.8. The van der Waals surface area contributed by atoms with Crippen LogP contribution in [0.4, 0.5) is 0 Å². The first kappa shape index (κ1) is 13.1. The molecular weight excluding hydrogens is 273 g/mol. The maximum absolute atomic E-state index is 9.47. The van der Waals surface area contributed by atoms with Crippen LogP contribution in [0.25, 0.3) is 27.5 Å². The Morgan fingerprint density at radius 1 is 0.682 bits per heavy atom. The number of benzene rings is 3. The van der Waals surface area contributed by atoms with Crippen LogP contribution in [0.1, 0.15) is 0 Å². The molecule has 0 saturated heterocycles. The molecule has 3 aromatic carbocycles. The van der Waals surface area contributed by atoms with Gasteiger partial charge in [0.25, 0.3) is 0 Å². The van der Waals surface area contributed by atoms with Gasteiger partial charge < -0.3 is 14.6 Å². The second-order valence-corrected chi connectivity index (χ2v) is 5.34. The molecule has 0 radical (unpaired) electrons. The Morgan fingerprint density at radius 3 is 2.14 bits per heavy atom. The predicted molar refractivity (Wildman–Crippen MR) is 90.6 cm³/mol. The lowest BCUT2D eigenvalue weighted by Gasteiger charge is -2.08. The summed E-state index contributed by atoms with van der Waals surface area (Å²) in [5.41, 5.74) is 3.62. The molecule has 0 aliphatic heterocycles. The number of nitrogens with zero attached hydrogens (tertiary/aromatic N) is 1. The van der Waals surface area contributed by atoms with Crippen molar-refractivity contribution in [1.82, 2.24) is 4.57 Å². The number of hydrogen-bond acceptors (Lipinski definition) is 2. The van der Waals surface area contributed by atoms with E-state index in [0.717, 1.165) is 27.5 Å². The highest BCUT2D eigenvalue weighted by Crippen LogP contribution is 2.31. The maximum Gasteiger partial charge on any atom is 0.488 e. The van der Waals surface area contributed by atoms with E-state index in [2.05, 4.69) is 16.7 Å². The van der Waals surface area contributed by atoms with Gasteiger partial charge in [-0.1, -0.05) is 48.5 Å². The monoisotopic (exact) mass is 287 g/mol. The maximum atomic E-state index is 9.47. The molecule has 4 rings (SSSR count). The fourth-order valence-electron chi connectivity index (χ4n) is 3.00. The Bertz CT molecular complexity index is 961. The predicted octanol–water partition coefficient (Wildman–Crippen LogP) is 2.46. The highest BCUT2D eigenvalue weighted by Gasteiger charge is 2.16. The molecule has 106 valence electrons. The van der Waals surface area contributed by atoms with Crippen molar-refractivity contribution in [1.29, 1.82) is 0 Å². The van der Waals surface area contributed by atoms with Crippen LogP contribution in [0.3, 0.4) is 0 Å². The second kappa shape index (κ2) is 5.02. The Morgan fingerprint density at radius 2 is 1.36 bits per heavy atom. The SMILES string of the molecule is OB(O)c1ccc2c3ccccc3n(-c3ccccc3)c2c1. The van der Waals surface area contributed by atoms with E-state index in [0.29, 0.717) is 5.46 Å². The molecule has 2 N–H and O–H groups in total. The second-order valence-electron chi connectivity index (χ2n) is 5.34. The van der Waals surface area contributed by atoms with Crippen molar-refractivity contribution in [2.75, 3.05) is 0 Å². The van der Waals surface area contributed by atoms with E-state index in [4.69, 9.17) is 0 Å². The van der Waals surface area contributed by atoms with Gasteiger partial charge in [0.15, 0.2) is 0 Å². The summed E-state index contributed by atoms with van der Waals surface area (Å²) >= 11 is 0. The van der Waals surface area contributed by atoms with E-state index in [-0.39, 0.29) is 0 Å². The Balaban J connectivity index is 2.16. The first-order valence-corrected chi connectivity index (χ1v) is 7.20. The zero-order valence-electron chi connectivity index (χ0n) is 11.8. The number of rotatable bonds is 2. The summed E-state index contributed by atoms with van der Waals surface area (Å²) in [5.74, 6) is 0. The highest BCUT2D eigenvalue weighted by molar-refractivity contribution is 6.59. The van der Waals surface area contributed by atoms with Crippen molar-refractivity contribution in [3.8, 4) is 5.69 Å². The average Bonchev–Trinajstić information content (AvgIpc) is 2.89. The molecule has 0 unspecified atom stereocenters. The molecule has 1 aromatic heterocycles. The molecule has 0 amide bonds. The zero-order chi connectivity index (χ0) is 15.1. The molecule has 0 fully saturated rings. The van der Waals surface area contributed by atoms with E-state index < -0.39 is 7.12 Å². The lowest BCUT2D eigenvalue weighted by atomic mass is 9.80. The first-order valence-electron chi connectivity index (χ1n) is 7.20. The van der Waals surface area contributed by atoms with Crippen molar-refractivity contribution in [2.45, 2.75) is 0 Å². The summed E-state index contributed by atoms with van der Waals surface area (Å²) in [7, 11) is -1.47. The summed E-state index contributed by atoms with van der Waals surface area (Å²) in [5, 5.41) is 21.2.